The standard InChI is InChI=1S/C18H20N4O.ClH/c1-12-7-8-13(2)16(11-12)21-18-20-15-6-4-3-5-14(15)17(22-18)19-9-10-23;/h3-8,11,23H,9-10H2,1-2H3,(H2,19,20,21,22);1H. The van der Waals surface area contributed by atoms with Crippen molar-refractivity contribution in [3.63, 3.8) is 0 Å². The molecule has 0 saturated carbocycles. The van der Waals surface area contributed by atoms with Crippen LogP contribution in [0.4, 0.5) is 17.5 Å². The number of hydrogen-bond acceptors (Lipinski definition) is 5. The number of aliphatic hydroxyl groups is 1. The molecule has 0 amide bonds. The maximum absolute atomic E-state index is 9.05. The third-order valence-electron chi connectivity index (χ3n) is 3.65. The van der Waals surface area contributed by atoms with Gasteiger partial charge in [0.25, 0.3) is 0 Å². The average molecular weight is 345 g/mol. The molecule has 126 valence electrons. The molecule has 0 aliphatic rings. The number of aliphatic hydroxyl groups excluding tert-OH is 1. The number of fused-ring (bicyclic) bond motifs is 1. The van der Waals surface area contributed by atoms with Crippen LogP contribution < -0.4 is 10.6 Å². The van der Waals surface area contributed by atoms with Crippen molar-refractivity contribution in [2.45, 2.75) is 13.8 Å². The van der Waals surface area contributed by atoms with E-state index in [0.717, 1.165) is 28.0 Å². The van der Waals surface area contributed by atoms with Crippen molar-refractivity contribution in [1.82, 2.24) is 9.97 Å². The Bertz CT molecular complexity index is 838. The molecule has 0 bridgehead atoms. The molecule has 0 saturated heterocycles. The zero-order valence-electron chi connectivity index (χ0n) is 13.7. The van der Waals surface area contributed by atoms with Crippen LogP contribution in [0.1, 0.15) is 11.1 Å². The summed E-state index contributed by atoms with van der Waals surface area (Å²) < 4.78 is 0. The van der Waals surface area contributed by atoms with Gasteiger partial charge in [0.15, 0.2) is 0 Å². The second-order valence-electron chi connectivity index (χ2n) is 5.51. The van der Waals surface area contributed by atoms with E-state index < -0.39 is 0 Å². The number of para-hydroxylation sites is 1. The first-order valence-corrected chi connectivity index (χ1v) is 7.63. The Labute approximate surface area is 147 Å². The lowest BCUT2D eigenvalue weighted by molar-refractivity contribution is 0.311. The monoisotopic (exact) mass is 344 g/mol. The predicted octanol–water partition coefficient (Wildman–Crippen LogP) is 3.82. The number of nitrogens with zero attached hydrogens (tertiary/aromatic N) is 2. The van der Waals surface area contributed by atoms with Crippen molar-refractivity contribution in [3.05, 3.63) is 53.6 Å². The highest BCUT2D eigenvalue weighted by atomic mass is 35.5. The van der Waals surface area contributed by atoms with Crippen molar-refractivity contribution in [2.75, 3.05) is 23.8 Å². The molecule has 5 nitrogen and oxygen atoms in total. The lowest BCUT2D eigenvalue weighted by atomic mass is 10.1. The normalized spacial score (nSPS) is 10.3. The van der Waals surface area contributed by atoms with Crippen molar-refractivity contribution in [1.29, 1.82) is 0 Å². The number of hydrogen-bond donors (Lipinski definition) is 3. The Morgan fingerprint density at radius 3 is 2.62 bits per heavy atom. The molecule has 0 fully saturated rings. The van der Waals surface area contributed by atoms with Gasteiger partial charge >= 0.3 is 0 Å². The van der Waals surface area contributed by atoms with Gasteiger partial charge in [-0.25, -0.2) is 4.98 Å². The van der Waals surface area contributed by atoms with Crippen LogP contribution in [0, 0.1) is 13.8 Å². The van der Waals surface area contributed by atoms with E-state index in [4.69, 9.17) is 5.11 Å². The minimum Gasteiger partial charge on any atom is -0.395 e. The van der Waals surface area contributed by atoms with E-state index in [1.54, 1.807) is 0 Å². The molecule has 0 aliphatic carbocycles. The third kappa shape index (κ3) is 3.93. The quantitative estimate of drug-likeness (QED) is 0.656. The Morgan fingerprint density at radius 1 is 1.04 bits per heavy atom. The maximum Gasteiger partial charge on any atom is 0.229 e. The molecular weight excluding hydrogens is 324 g/mol. The van der Waals surface area contributed by atoms with Gasteiger partial charge in [-0.15, -0.1) is 12.4 Å². The van der Waals surface area contributed by atoms with Crippen LogP contribution in [0.5, 0.6) is 0 Å². The van der Waals surface area contributed by atoms with Crippen LogP contribution in [0.25, 0.3) is 10.9 Å². The highest BCUT2D eigenvalue weighted by Gasteiger charge is 2.08. The molecule has 1 aromatic heterocycles. The fourth-order valence-corrected chi connectivity index (χ4v) is 2.43. The molecule has 0 spiro atoms. The summed E-state index contributed by atoms with van der Waals surface area (Å²) >= 11 is 0. The Hall–Kier alpha value is -2.37. The van der Waals surface area contributed by atoms with Crippen LogP contribution in [0.2, 0.25) is 0 Å². The Kier molecular flexibility index (Phi) is 5.95. The first-order valence-electron chi connectivity index (χ1n) is 7.63. The summed E-state index contributed by atoms with van der Waals surface area (Å²) in [5.41, 5.74) is 4.17. The lowest BCUT2D eigenvalue weighted by Gasteiger charge is -2.13. The van der Waals surface area contributed by atoms with Crippen LogP contribution in [0.3, 0.4) is 0 Å². The van der Waals surface area contributed by atoms with Gasteiger partial charge in [0.2, 0.25) is 5.95 Å². The Balaban J connectivity index is 0.00000208. The zero-order valence-corrected chi connectivity index (χ0v) is 14.5. The lowest BCUT2D eigenvalue weighted by Crippen LogP contribution is -2.09. The first kappa shape index (κ1) is 18.0. The number of anilines is 3. The van der Waals surface area contributed by atoms with E-state index in [1.165, 1.54) is 5.56 Å². The second kappa shape index (κ2) is 7.95. The second-order valence-corrected chi connectivity index (χ2v) is 5.51. The number of halogens is 1. The smallest absolute Gasteiger partial charge is 0.229 e. The van der Waals surface area contributed by atoms with Gasteiger partial charge in [-0.05, 0) is 43.2 Å². The summed E-state index contributed by atoms with van der Waals surface area (Å²) in [5.74, 6) is 1.26. The molecule has 6 heteroatoms. The van der Waals surface area contributed by atoms with Crippen LogP contribution in [0.15, 0.2) is 42.5 Å². The summed E-state index contributed by atoms with van der Waals surface area (Å²) in [6, 6.07) is 14.1. The van der Waals surface area contributed by atoms with E-state index in [9.17, 15) is 0 Å². The molecule has 0 aliphatic heterocycles. The highest BCUT2D eigenvalue weighted by molar-refractivity contribution is 5.90. The van der Waals surface area contributed by atoms with Gasteiger partial charge < -0.3 is 15.7 Å². The molecule has 0 radical (unpaired) electrons. The summed E-state index contributed by atoms with van der Waals surface area (Å²) in [4.78, 5) is 9.15. The van der Waals surface area contributed by atoms with E-state index in [2.05, 4.69) is 45.7 Å². The number of nitrogens with one attached hydrogen (secondary N) is 2. The van der Waals surface area contributed by atoms with Gasteiger partial charge in [-0.3, -0.25) is 0 Å². The van der Waals surface area contributed by atoms with Crippen LogP contribution in [-0.4, -0.2) is 28.2 Å². The summed E-state index contributed by atoms with van der Waals surface area (Å²) in [5, 5.41) is 16.4. The largest absolute Gasteiger partial charge is 0.395 e. The van der Waals surface area contributed by atoms with Gasteiger partial charge in [-0.2, -0.15) is 4.98 Å². The van der Waals surface area contributed by atoms with E-state index in [1.807, 2.05) is 31.2 Å². The fourth-order valence-electron chi connectivity index (χ4n) is 2.43. The van der Waals surface area contributed by atoms with E-state index in [0.29, 0.717) is 12.5 Å². The molecule has 2 aromatic carbocycles. The highest BCUT2D eigenvalue weighted by Crippen LogP contribution is 2.25. The number of benzene rings is 2. The SMILES string of the molecule is Cc1ccc(C)c(Nc2nc(NCCO)c3ccccc3n2)c1.Cl. The summed E-state index contributed by atoms with van der Waals surface area (Å²) in [6.45, 7) is 4.61. The van der Waals surface area contributed by atoms with E-state index >= 15 is 0 Å². The molecular formula is C18H21ClN4O. The minimum absolute atomic E-state index is 0. The molecule has 3 rings (SSSR count). The molecule has 3 aromatic rings. The van der Waals surface area contributed by atoms with Crippen molar-refractivity contribution in [3.8, 4) is 0 Å². The third-order valence-corrected chi connectivity index (χ3v) is 3.65. The number of aryl methyl sites for hydroxylation is 2. The minimum atomic E-state index is 0. The van der Waals surface area contributed by atoms with Gasteiger partial charge in [0.05, 0.1) is 12.1 Å². The van der Waals surface area contributed by atoms with Crippen molar-refractivity contribution >= 4 is 40.8 Å². The van der Waals surface area contributed by atoms with Crippen LogP contribution in [-0.2, 0) is 0 Å². The summed E-state index contributed by atoms with van der Waals surface area (Å²) in [7, 11) is 0. The maximum atomic E-state index is 9.05. The molecule has 3 N–H and O–H groups in total. The number of aromatic nitrogens is 2. The first-order chi connectivity index (χ1) is 11.2. The van der Waals surface area contributed by atoms with Gasteiger partial charge in [-0.1, -0.05) is 24.3 Å². The number of rotatable bonds is 5. The fraction of sp³-hybridized carbons (Fsp3) is 0.222. The van der Waals surface area contributed by atoms with Crippen molar-refractivity contribution in [2.24, 2.45) is 0 Å². The Morgan fingerprint density at radius 2 is 1.83 bits per heavy atom. The van der Waals surface area contributed by atoms with Crippen LogP contribution >= 0.6 is 12.4 Å². The topological polar surface area (TPSA) is 70.1 Å². The zero-order chi connectivity index (χ0) is 16.2. The molecule has 0 atom stereocenters. The molecule has 0 unspecified atom stereocenters. The molecule has 1 heterocycles. The average Bonchev–Trinajstić information content (AvgIpc) is 2.56. The van der Waals surface area contributed by atoms with Gasteiger partial charge in [0, 0.05) is 17.6 Å². The van der Waals surface area contributed by atoms with Gasteiger partial charge in [0.1, 0.15) is 5.82 Å². The molecule has 24 heavy (non-hydrogen) atoms. The van der Waals surface area contributed by atoms with Crippen molar-refractivity contribution < 1.29 is 5.11 Å². The predicted molar refractivity (Wildman–Crippen MR) is 102 cm³/mol. The van der Waals surface area contributed by atoms with E-state index in [-0.39, 0.29) is 19.0 Å². The summed E-state index contributed by atoms with van der Waals surface area (Å²) in [6.07, 6.45) is 0.